The van der Waals surface area contributed by atoms with Crippen LogP contribution in [0.15, 0.2) is 36.4 Å². The summed E-state index contributed by atoms with van der Waals surface area (Å²) in [5.74, 6) is 0. The Bertz CT molecular complexity index is 527. The third kappa shape index (κ3) is 2.69. The first-order chi connectivity index (χ1) is 8.49. The summed E-state index contributed by atoms with van der Waals surface area (Å²) in [6.07, 6.45) is -0.681. The highest BCUT2D eigenvalue weighted by Gasteiger charge is 2.12. The van der Waals surface area contributed by atoms with Gasteiger partial charge in [0.05, 0.1) is 10.0 Å². The van der Waals surface area contributed by atoms with E-state index in [0.29, 0.717) is 10.0 Å². The highest BCUT2D eigenvalue weighted by atomic mass is 35.5. The quantitative estimate of drug-likeness (QED) is 0.846. The minimum absolute atomic E-state index is 0.456. The van der Waals surface area contributed by atoms with Crippen LogP contribution in [0.2, 0.25) is 10.0 Å². The maximum Gasteiger partial charge on any atom is 0.104 e. The van der Waals surface area contributed by atoms with Gasteiger partial charge in [0.25, 0.3) is 0 Å². The van der Waals surface area contributed by atoms with E-state index >= 15 is 0 Å². The van der Waals surface area contributed by atoms with Crippen LogP contribution in [0.1, 0.15) is 28.4 Å². The summed E-state index contributed by atoms with van der Waals surface area (Å²) in [6.45, 7) is 4.07. The van der Waals surface area contributed by atoms with Crippen molar-refractivity contribution >= 4 is 23.2 Å². The molecule has 0 aliphatic carbocycles. The van der Waals surface area contributed by atoms with Crippen LogP contribution in [0.25, 0.3) is 0 Å². The maximum atomic E-state index is 10.3. The molecule has 0 saturated carbocycles. The zero-order valence-electron chi connectivity index (χ0n) is 10.2. The molecule has 0 saturated heterocycles. The SMILES string of the molecule is Cc1ccc([C@@H](O)c2ccc(Cl)c(Cl)c2)cc1C. The van der Waals surface area contributed by atoms with Gasteiger partial charge in [0.1, 0.15) is 6.10 Å². The normalized spacial score (nSPS) is 12.5. The van der Waals surface area contributed by atoms with E-state index in [1.165, 1.54) is 5.56 Å². The van der Waals surface area contributed by atoms with Crippen LogP contribution in [0, 0.1) is 13.8 Å². The van der Waals surface area contributed by atoms with Crippen LogP contribution >= 0.6 is 23.2 Å². The fourth-order valence-electron chi connectivity index (χ4n) is 1.81. The van der Waals surface area contributed by atoms with Crippen molar-refractivity contribution in [2.45, 2.75) is 20.0 Å². The Morgan fingerprint density at radius 3 is 2.06 bits per heavy atom. The Labute approximate surface area is 117 Å². The van der Waals surface area contributed by atoms with Crippen molar-refractivity contribution < 1.29 is 5.11 Å². The summed E-state index contributed by atoms with van der Waals surface area (Å²) in [5, 5.41) is 11.3. The van der Waals surface area contributed by atoms with E-state index in [4.69, 9.17) is 23.2 Å². The second-order valence-electron chi connectivity index (χ2n) is 4.42. The van der Waals surface area contributed by atoms with Crippen LogP contribution in [-0.4, -0.2) is 5.11 Å². The Kier molecular flexibility index (Phi) is 3.96. The number of hydrogen-bond acceptors (Lipinski definition) is 1. The van der Waals surface area contributed by atoms with Crippen molar-refractivity contribution in [1.82, 2.24) is 0 Å². The lowest BCUT2D eigenvalue weighted by Gasteiger charge is -2.14. The van der Waals surface area contributed by atoms with Crippen LogP contribution in [0.5, 0.6) is 0 Å². The van der Waals surface area contributed by atoms with Crippen LogP contribution in [0.4, 0.5) is 0 Å². The molecule has 0 fully saturated rings. The van der Waals surface area contributed by atoms with Gasteiger partial charge in [-0.05, 0) is 48.2 Å². The van der Waals surface area contributed by atoms with Crippen molar-refractivity contribution in [1.29, 1.82) is 0 Å². The number of hydrogen-bond donors (Lipinski definition) is 1. The summed E-state index contributed by atoms with van der Waals surface area (Å²) < 4.78 is 0. The van der Waals surface area contributed by atoms with E-state index in [2.05, 4.69) is 0 Å². The Balaban J connectivity index is 2.37. The average Bonchev–Trinajstić information content (AvgIpc) is 2.35. The Morgan fingerprint density at radius 1 is 0.833 bits per heavy atom. The molecule has 94 valence electrons. The Hall–Kier alpha value is -1.02. The van der Waals surface area contributed by atoms with Gasteiger partial charge < -0.3 is 5.11 Å². The monoisotopic (exact) mass is 280 g/mol. The van der Waals surface area contributed by atoms with Gasteiger partial charge in [0.15, 0.2) is 0 Å². The minimum atomic E-state index is -0.681. The zero-order valence-corrected chi connectivity index (χ0v) is 11.8. The molecule has 0 aliphatic rings. The van der Waals surface area contributed by atoms with Gasteiger partial charge in [-0.15, -0.1) is 0 Å². The smallest absolute Gasteiger partial charge is 0.104 e. The summed E-state index contributed by atoms with van der Waals surface area (Å²) in [4.78, 5) is 0. The highest BCUT2D eigenvalue weighted by Crippen LogP contribution is 2.29. The molecular formula is C15H14Cl2O. The third-order valence-corrected chi connectivity index (χ3v) is 3.85. The van der Waals surface area contributed by atoms with Gasteiger partial charge in [0, 0.05) is 0 Å². The predicted octanol–water partition coefficient (Wildman–Crippen LogP) is 4.69. The lowest BCUT2D eigenvalue weighted by molar-refractivity contribution is 0.220. The van der Waals surface area contributed by atoms with Crippen LogP contribution in [-0.2, 0) is 0 Å². The maximum absolute atomic E-state index is 10.3. The number of aliphatic hydroxyl groups excluding tert-OH is 1. The molecule has 1 atom stereocenters. The number of rotatable bonds is 2. The van der Waals surface area contributed by atoms with Crippen LogP contribution < -0.4 is 0 Å². The summed E-state index contributed by atoms with van der Waals surface area (Å²) in [7, 11) is 0. The van der Waals surface area contributed by atoms with E-state index in [1.807, 2.05) is 32.0 Å². The number of benzene rings is 2. The molecular weight excluding hydrogens is 267 g/mol. The first kappa shape index (κ1) is 13.4. The first-order valence-corrected chi connectivity index (χ1v) is 6.45. The highest BCUT2D eigenvalue weighted by molar-refractivity contribution is 6.42. The topological polar surface area (TPSA) is 20.2 Å². The molecule has 1 nitrogen and oxygen atoms in total. The molecule has 0 aromatic heterocycles. The molecule has 0 bridgehead atoms. The first-order valence-electron chi connectivity index (χ1n) is 5.69. The van der Waals surface area contributed by atoms with E-state index in [1.54, 1.807) is 18.2 Å². The van der Waals surface area contributed by atoms with Gasteiger partial charge in [-0.3, -0.25) is 0 Å². The minimum Gasteiger partial charge on any atom is -0.384 e. The molecule has 18 heavy (non-hydrogen) atoms. The van der Waals surface area contributed by atoms with Gasteiger partial charge >= 0.3 is 0 Å². The number of aryl methyl sites for hydroxylation is 2. The predicted molar refractivity (Wildman–Crippen MR) is 76.4 cm³/mol. The second-order valence-corrected chi connectivity index (χ2v) is 5.23. The molecule has 0 spiro atoms. The molecule has 3 heteroatoms. The molecule has 0 aliphatic heterocycles. The molecule has 2 rings (SSSR count). The number of aliphatic hydroxyl groups is 1. The molecule has 1 N–H and O–H groups in total. The summed E-state index contributed by atoms with van der Waals surface area (Å²) >= 11 is 11.8. The van der Waals surface area contributed by atoms with Crippen molar-refractivity contribution in [2.75, 3.05) is 0 Å². The van der Waals surface area contributed by atoms with E-state index < -0.39 is 6.10 Å². The van der Waals surface area contributed by atoms with Crippen molar-refractivity contribution in [3.63, 3.8) is 0 Å². The molecule has 0 heterocycles. The molecule has 2 aromatic rings. The van der Waals surface area contributed by atoms with Gasteiger partial charge in [-0.25, -0.2) is 0 Å². The average molecular weight is 281 g/mol. The third-order valence-electron chi connectivity index (χ3n) is 3.11. The lowest BCUT2D eigenvalue weighted by atomic mass is 9.98. The standard InChI is InChI=1S/C15H14Cl2O/c1-9-3-4-11(7-10(9)2)15(18)12-5-6-13(16)14(17)8-12/h3-8,15,18H,1-2H3/t15-/m1/s1. The molecule has 0 radical (unpaired) electrons. The largest absolute Gasteiger partial charge is 0.384 e. The van der Waals surface area contributed by atoms with E-state index in [9.17, 15) is 5.11 Å². The summed E-state index contributed by atoms with van der Waals surface area (Å²) in [5.41, 5.74) is 3.97. The van der Waals surface area contributed by atoms with Gasteiger partial charge in [0.2, 0.25) is 0 Å². The van der Waals surface area contributed by atoms with Crippen molar-refractivity contribution in [3.05, 3.63) is 68.7 Å². The molecule has 0 unspecified atom stereocenters. The van der Waals surface area contributed by atoms with Crippen molar-refractivity contribution in [3.8, 4) is 0 Å². The fourth-order valence-corrected chi connectivity index (χ4v) is 2.12. The molecule has 0 amide bonds. The summed E-state index contributed by atoms with van der Waals surface area (Å²) in [6, 6.07) is 11.1. The second kappa shape index (κ2) is 5.31. The van der Waals surface area contributed by atoms with Gasteiger partial charge in [-0.2, -0.15) is 0 Å². The lowest BCUT2D eigenvalue weighted by Crippen LogP contribution is -2.00. The fraction of sp³-hybridized carbons (Fsp3) is 0.200. The van der Waals surface area contributed by atoms with Crippen LogP contribution in [0.3, 0.4) is 0 Å². The number of halogens is 2. The van der Waals surface area contributed by atoms with Crippen molar-refractivity contribution in [2.24, 2.45) is 0 Å². The van der Waals surface area contributed by atoms with E-state index in [-0.39, 0.29) is 0 Å². The zero-order chi connectivity index (χ0) is 13.3. The molecule has 2 aromatic carbocycles. The van der Waals surface area contributed by atoms with E-state index in [0.717, 1.165) is 16.7 Å². The Morgan fingerprint density at radius 2 is 1.44 bits per heavy atom. The van der Waals surface area contributed by atoms with Gasteiger partial charge in [-0.1, -0.05) is 47.5 Å².